The first kappa shape index (κ1) is 15.3. The highest BCUT2D eigenvalue weighted by Gasteiger charge is 2.43. The average molecular weight is 314 g/mol. The van der Waals surface area contributed by atoms with E-state index in [4.69, 9.17) is 28.4 Å². The van der Waals surface area contributed by atoms with E-state index in [0.717, 1.165) is 52.1 Å². The standard InChI is InChI=1S/C16H26O6/c1-5-17-6-2-11(1)15-19-9-13(21-15)14-10-20-16(22-14)12-3-7-18-8-4-12/h11-16H,1-10H2. The topological polar surface area (TPSA) is 55.4 Å². The van der Waals surface area contributed by atoms with Crippen LogP contribution in [0.25, 0.3) is 0 Å². The molecule has 0 spiro atoms. The summed E-state index contributed by atoms with van der Waals surface area (Å²) in [6.07, 6.45) is 3.87. The van der Waals surface area contributed by atoms with E-state index >= 15 is 0 Å². The summed E-state index contributed by atoms with van der Waals surface area (Å²) in [5.74, 6) is 0.903. The molecule has 6 nitrogen and oxygen atoms in total. The van der Waals surface area contributed by atoms with Gasteiger partial charge in [0, 0.05) is 38.3 Å². The lowest BCUT2D eigenvalue weighted by molar-refractivity contribution is -0.152. The van der Waals surface area contributed by atoms with Crippen molar-refractivity contribution >= 4 is 0 Å². The zero-order valence-electron chi connectivity index (χ0n) is 13.0. The van der Waals surface area contributed by atoms with Crippen molar-refractivity contribution in [2.24, 2.45) is 11.8 Å². The van der Waals surface area contributed by atoms with Gasteiger partial charge in [-0.1, -0.05) is 0 Å². The summed E-state index contributed by atoms with van der Waals surface area (Å²) in [5, 5.41) is 0. The van der Waals surface area contributed by atoms with Crippen LogP contribution in [0.3, 0.4) is 0 Å². The zero-order chi connectivity index (χ0) is 14.8. The minimum absolute atomic E-state index is 0.00214. The van der Waals surface area contributed by atoms with Crippen molar-refractivity contribution in [3.63, 3.8) is 0 Å². The van der Waals surface area contributed by atoms with Crippen molar-refractivity contribution in [2.45, 2.75) is 50.5 Å². The van der Waals surface area contributed by atoms with E-state index in [9.17, 15) is 0 Å². The van der Waals surface area contributed by atoms with Gasteiger partial charge in [0.1, 0.15) is 12.2 Å². The number of rotatable bonds is 3. The molecule has 0 radical (unpaired) electrons. The van der Waals surface area contributed by atoms with Gasteiger partial charge < -0.3 is 28.4 Å². The average Bonchev–Trinajstić information content (AvgIpc) is 3.26. The van der Waals surface area contributed by atoms with Crippen LogP contribution in [-0.4, -0.2) is 64.4 Å². The molecule has 4 heterocycles. The molecule has 4 aliphatic heterocycles. The first-order valence-corrected chi connectivity index (χ1v) is 8.60. The van der Waals surface area contributed by atoms with E-state index in [1.165, 1.54) is 0 Å². The highest BCUT2D eigenvalue weighted by molar-refractivity contribution is 4.83. The van der Waals surface area contributed by atoms with Crippen LogP contribution < -0.4 is 0 Å². The molecule has 0 N–H and O–H groups in total. The van der Waals surface area contributed by atoms with Gasteiger partial charge in [0.05, 0.1) is 13.2 Å². The van der Waals surface area contributed by atoms with E-state index in [2.05, 4.69) is 0 Å². The van der Waals surface area contributed by atoms with Gasteiger partial charge in [-0.25, -0.2) is 0 Å². The van der Waals surface area contributed by atoms with E-state index in [1.54, 1.807) is 0 Å². The van der Waals surface area contributed by atoms with Crippen molar-refractivity contribution in [3.05, 3.63) is 0 Å². The normalized spacial score (nSPS) is 42.0. The molecule has 4 aliphatic rings. The summed E-state index contributed by atoms with van der Waals surface area (Å²) in [7, 11) is 0. The molecular weight excluding hydrogens is 288 g/mol. The first-order chi connectivity index (χ1) is 10.9. The molecular formula is C16H26O6. The van der Waals surface area contributed by atoms with Crippen molar-refractivity contribution < 1.29 is 28.4 Å². The van der Waals surface area contributed by atoms with E-state index < -0.39 is 0 Å². The monoisotopic (exact) mass is 314 g/mol. The fraction of sp³-hybridized carbons (Fsp3) is 1.00. The minimum atomic E-state index is -0.0976. The molecule has 0 aromatic heterocycles. The Balaban J connectivity index is 1.26. The van der Waals surface area contributed by atoms with Crippen molar-refractivity contribution in [1.29, 1.82) is 0 Å². The smallest absolute Gasteiger partial charge is 0.161 e. The molecule has 6 heteroatoms. The highest BCUT2D eigenvalue weighted by atomic mass is 16.8. The maximum Gasteiger partial charge on any atom is 0.161 e. The summed E-state index contributed by atoms with van der Waals surface area (Å²) in [6, 6.07) is 0. The van der Waals surface area contributed by atoms with Gasteiger partial charge in [-0.3, -0.25) is 0 Å². The lowest BCUT2D eigenvalue weighted by Gasteiger charge is -2.27. The van der Waals surface area contributed by atoms with Gasteiger partial charge in [-0.15, -0.1) is 0 Å². The number of hydrogen-bond donors (Lipinski definition) is 0. The summed E-state index contributed by atoms with van der Waals surface area (Å²) >= 11 is 0. The summed E-state index contributed by atoms with van der Waals surface area (Å²) in [6.45, 7) is 4.47. The lowest BCUT2D eigenvalue weighted by atomic mass is 10.00. The molecule has 0 amide bonds. The van der Waals surface area contributed by atoms with Crippen LogP contribution in [0.15, 0.2) is 0 Å². The van der Waals surface area contributed by atoms with Crippen LogP contribution in [0.4, 0.5) is 0 Å². The number of hydrogen-bond acceptors (Lipinski definition) is 6. The highest BCUT2D eigenvalue weighted by Crippen LogP contribution is 2.33. The van der Waals surface area contributed by atoms with E-state index in [-0.39, 0.29) is 24.8 Å². The largest absolute Gasteiger partial charge is 0.381 e. The van der Waals surface area contributed by atoms with Crippen LogP contribution in [0, 0.1) is 11.8 Å². The van der Waals surface area contributed by atoms with E-state index in [0.29, 0.717) is 25.0 Å². The molecule has 126 valence electrons. The molecule has 0 bridgehead atoms. The summed E-state index contributed by atoms with van der Waals surface area (Å²) < 4.78 is 34.8. The van der Waals surface area contributed by atoms with Crippen molar-refractivity contribution in [1.82, 2.24) is 0 Å². The fourth-order valence-corrected chi connectivity index (χ4v) is 3.74. The predicted molar refractivity (Wildman–Crippen MR) is 76.3 cm³/mol. The zero-order valence-corrected chi connectivity index (χ0v) is 13.0. The van der Waals surface area contributed by atoms with Crippen molar-refractivity contribution in [3.8, 4) is 0 Å². The molecule has 0 aromatic carbocycles. The Labute approximate surface area is 131 Å². The molecule has 4 unspecified atom stereocenters. The van der Waals surface area contributed by atoms with Gasteiger partial charge in [0.15, 0.2) is 12.6 Å². The molecule has 4 rings (SSSR count). The Kier molecular flexibility index (Phi) is 4.95. The van der Waals surface area contributed by atoms with Crippen LogP contribution in [-0.2, 0) is 28.4 Å². The van der Waals surface area contributed by atoms with E-state index in [1.807, 2.05) is 0 Å². The SMILES string of the molecule is C1CC(C2OCC(C3COC(C4CCOCC4)O3)O2)CCO1. The maximum absolute atomic E-state index is 6.11. The first-order valence-electron chi connectivity index (χ1n) is 8.60. The van der Waals surface area contributed by atoms with Crippen LogP contribution in [0.1, 0.15) is 25.7 Å². The van der Waals surface area contributed by atoms with Crippen LogP contribution in [0.5, 0.6) is 0 Å². The van der Waals surface area contributed by atoms with Crippen molar-refractivity contribution in [2.75, 3.05) is 39.6 Å². The Morgan fingerprint density at radius 3 is 1.36 bits per heavy atom. The minimum Gasteiger partial charge on any atom is -0.381 e. The van der Waals surface area contributed by atoms with Gasteiger partial charge in [-0.2, -0.15) is 0 Å². The van der Waals surface area contributed by atoms with Gasteiger partial charge in [0.2, 0.25) is 0 Å². The third-order valence-corrected chi connectivity index (χ3v) is 5.18. The number of ether oxygens (including phenoxy) is 6. The lowest BCUT2D eigenvalue weighted by Crippen LogP contribution is -2.34. The molecule has 22 heavy (non-hydrogen) atoms. The molecule has 0 saturated carbocycles. The van der Waals surface area contributed by atoms with Gasteiger partial charge >= 0.3 is 0 Å². The Morgan fingerprint density at radius 2 is 0.955 bits per heavy atom. The molecule has 0 aromatic rings. The van der Waals surface area contributed by atoms with Gasteiger partial charge in [-0.05, 0) is 25.7 Å². The Hall–Kier alpha value is -0.240. The maximum atomic E-state index is 6.11. The quantitative estimate of drug-likeness (QED) is 0.783. The molecule has 0 aliphatic carbocycles. The fourth-order valence-electron chi connectivity index (χ4n) is 3.74. The molecule has 4 atom stereocenters. The molecule has 4 fully saturated rings. The van der Waals surface area contributed by atoms with Crippen LogP contribution >= 0.6 is 0 Å². The second-order valence-corrected chi connectivity index (χ2v) is 6.65. The predicted octanol–water partition coefficient (Wildman–Crippen LogP) is 1.32. The second-order valence-electron chi connectivity index (χ2n) is 6.65. The summed E-state index contributed by atoms with van der Waals surface area (Å²) in [5.41, 5.74) is 0. The Morgan fingerprint density at radius 1 is 0.545 bits per heavy atom. The summed E-state index contributed by atoms with van der Waals surface area (Å²) in [4.78, 5) is 0. The molecule has 4 saturated heterocycles. The third-order valence-electron chi connectivity index (χ3n) is 5.18. The van der Waals surface area contributed by atoms with Crippen LogP contribution in [0.2, 0.25) is 0 Å². The third kappa shape index (κ3) is 3.32. The second kappa shape index (κ2) is 7.11. The van der Waals surface area contributed by atoms with Gasteiger partial charge in [0.25, 0.3) is 0 Å². The Bertz CT molecular complexity index is 319.